The average molecular weight is 175 g/mol. The topological polar surface area (TPSA) is 88.1 Å². The Bertz CT molecular complexity index is 104. The van der Waals surface area contributed by atoms with Gasteiger partial charge in [-0.25, -0.2) is 0 Å². The lowest BCUT2D eigenvalue weighted by Gasteiger charge is -2.30. The van der Waals surface area contributed by atoms with Gasteiger partial charge in [0.25, 0.3) is 0 Å². The molecule has 0 aromatic rings. The van der Waals surface area contributed by atoms with Crippen molar-refractivity contribution < 1.29 is 0 Å². The van der Waals surface area contributed by atoms with Crippen molar-refractivity contribution in [2.75, 3.05) is 27.7 Å². The highest BCUT2D eigenvalue weighted by Gasteiger charge is 2.22. The van der Waals surface area contributed by atoms with Crippen molar-refractivity contribution in [3.8, 4) is 0 Å². The smallest absolute Gasteiger partial charge is 0.0718 e. The monoisotopic (exact) mass is 175 g/mol. The molecule has 12 heavy (non-hydrogen) atoms. The maximum atomic E-state index is 5.81. The number of rotatable bonds is 6. The molecule has 0 bridgehead atoms. The Labute approximate surface area is 74.3 Å². The average Bonchev–Trinajstić information content (AvgIpc) is 2.12. The minimum Gasteiger partial charge on any atom is -0.329 e. The zero-order chi connectivity index (χ0) is 9.56. The molecule has 7 N–H and O–H groups in total. The third kappa shape index (κ3) is 3.04. The highest BCUT2D eigenvalue weighted by Crippen LogP contribution is 1.93. The van der Waals surface area contributed by atoms with Crippen molar-refractivity contribution in [1.29, 1.82) is 0 Å². The maximum Gasteiger partial charge on any atom is 0.0718 e. The third-order valence-corrected chi connectivity index (χ3v) is 2.11. The first-order valence-electron chi connectivity index (χ1n) is 4.18. The van der Waals surface area contributed by atoms with Gasteiger partial charge in [-0.1, -0.05) is 0 Å². The van der Waals surface area contributed by atoms with E-state index in [1.54, 1.807) is 0 Å². The highest BCUT2D eigenvalue weighted by molar-refractivity contribution is 4.87. The SMILES string of the molecule is CNC(N)C(NC)C(CN)NC. The summed E-state index contributed by atoms with van der Waals surface area (Å²) in [6.07, 6.45) is -0.0870. The van der Waals surface area contributed by atoms with Crippen molar-refractivity contribution in [1.82, 2.24) is 16.0 Å². The Morgan fingerprint density at radius 1 is 1.08 bits per heavy atom. The van der Waals surface area contributed by atoms with Crippen molar-refractivity contribution in [3.63, 3.8) is 0 Å². The minimum absolute atomic E-state index is 0.0870. The molecule has 0 heterocycles. The first-order valence-corrected chi connectivity index (χ1v) is 4.18. The number of nitrogens with one attached hydrogen (secondary N) is 3. The molecule has 5 nitrogen and oxygen atoms in total. The van der Waals surface area contributed by atoms with E-state index >= 15 is 0 Å². The summed E-state index contributed by atoms with van der Waals surface area (Å²) in [6, 6.07) is 0.336. The standard InChI is InChI=1S/C7H21N5/c1-10-5(4-8)6(11-2)7(9)12-3/h5-7,10-12H,4,8-9H2,1-3H3. The lowest BCUT2D eigenvalue weighted by Crippen LogP contribution is -2.62. The Balaban J connectivity index is 4.09. The molecule has 0 radical (unpaired) electrons. The van der Waals surface area contributed by atoms with Gasteiger partial charge in [-0.2, -0.15) is 0 Å². The second kappa shape index (κ2) is 6.33. The molecule has 0 aromatic carbocycles. The predicted octanol–water partition coefficient (Wildman–Crippen LogP) is -2.37. The molecule has 0 rings (SSSR count). The number of nitrogens with two attached hydrogens (primary N) is 2. The van der Waals surface area contributed by atoms with Gasteiger partial charge in [0.15, 0.2) is 0 Å². The van der Waals surface area contributed by atoms with Crippen LogP contribution in [0.1, 0.15) is 0 Å². The van der Waals surface area contributed by atoms with E-state index in [-0.39, 0.29) is 18.2 Å². The zero-order valence-corrected chi connectivity index (χ0v) is 8.09. The lowest BCUT2D eigenvalue weighted by molar-refractivity contribution is 0.333. The molecule has 0 fully saturated rings. The van der Waals surface area contributed by atoms with Crippen LogP contribution in [-0.2, 0) is 0 Å². The van der Waals surface area contributed by atoms with Crippen molar-refractivity contribution in [2.24, 2.45) is 11.5 Å². The van der Waals surface area contributed by atoms with Crippen LogP contribution < -0.4 is 27.4 Å². The van der Waals surface area contributed by atoms with Crippen LogP contribution in [0.25, 0.3) is 0 Å². The molecule has 3 unspecified atom stereocenters. The number of hydrogen-bond donors (Lipinski definition) is 5. The molecule has 0 spiro atoms. The highest BCUT2D eigenvalue weighted by atomic mass is 15.1. The van der Waals surface area contributed by atoms with Gasteiger partial charge in [-0.15, -0.1) is 0 Å². The summed E-state index contributed by atoms with van der Waals surface area (Å²) in [7, 11) is 5.59. The van der Waals surface area contributed by atoms with Crippen molar-refractivity contribution in [2.45, 2.75) is 18.2 Å². The summed E-state index contributed by atoms with van der Waals surface area (Å²) in [5, 5.41) is 9.22. The minimum atomic E-state index is -0.0870. The first-order chi connectivity index (χ1) is 5.71. The van der Waals surface area contributed by atoms with Crippen LogP contribution >= 0.6 is 0 Å². The fraction of sp³-hybridized carbons (Fsp3) is 1.00. The van der Waals surface area contributed by atoms with Crippen LogP contribution in [0.3, 0.4) is 0 Å². The van der Waals surface area contributed by atoms with Gasteiger partial charge in [0.05, 0.1) is 12.2 Å². The second-order valence-electron chi connectivity index (χ2n) is 2.76. The van der Waals surface area contributed by atoms with E-state index in [9.17, 15) is 0 Å². The van der Waals surface area contributed by atoms with Gasteiger partial charge in [0, 0.05) is 12.6 Å². The van der Waals surface area contributed by atoms with E-state index in [4.69, 9.17) is 11.5 Å². The van der Waals surface area contributed by atoms with Crippen LogP contribution in [0.15, 0.2) is 0 Å². The van der Waals surface area contributed by atoms with E-state index in [1.807, 2.05) is 21.1 Å². The first kappa shape index (κ1) is 11.8. The van der Waals surface area contributed by atoms with Crippen molar-refractivity contribution >= 4 is 0 Å². The van der Waals surface area contributed by atoms with Gasteiger partial charge < -0.3 is 27.4 Å². The van der Waals surface area contributed by atoms with Crippen LogP contribution in [0.4, 0.5) is 0 Å². The quantitative estimate of drug-likeness (QED) is 0.291. The molecule has 0 saturated carbocycles. The Hall–Kier alpha value is -0.200. The van der Waals surface area contributed by atoms with Crippen LogP contribution in [-0.4, -0.2) is 45.9 Å². The predicted molar refractivity (Wildman–Crippen MR) is 51.8 cm³/mol. The summed E-state index contributed by atoms with van der Waals surface area (Å²) < 4.78 is 0. The molecule has 5 heteroatoms. The molecule has 74 valence electrons. The Kier molecular flexibility index (Phi) is 6.23. The lowest BCUT2D eigenvalue weighted by atomic mass is 10.1. The van der Waals surface area contributed by atoms with E-state index in [1.165, 1.54) is 0 Å². The normalized spacial score (nSPS) is 18.8. The molecule has 0 saturated heterocycles. The molecule has 0 amide bonds. The summed E-state index contributed by atoms with van der Waals surface area (Å²) >= 11 is 0. The molecule has 0 aliphatic carbocycles. The van der Waals surface area contributed by atoms with E-state index < -0.39 is 0 Å². The number of hydrogen-bond acceptors (Lipinski definition) is 5. The second-order valence-corrected chi connectivity index (χ2v) is 2.76. The van der Waals surface area contributed by atoms with E-state index in [0.29, 0.717) is 6.54 Å². The molecule has 0 aliphatic rings. The van der Waals surface area contributed by atoms with Gasteiger partial charge in [0.2, 0.25) is 0 Å². The molecule has 3 atom stereocenters. The van der Waals surface area contributed by atoms with E-state index in [2.05, 4.69) is 16.0 Å². The van der Waals surface area contributed by atoms with Crippen LogP contribution in [0, 0.1) is 0 Å². The Morgan fingerprint density at radius 2 is 1.67 bits per heavy atom. The summed E-state index contributed by atoms with van der Waals surface area (Å²) in [4.78, 5) is 0. The molecule has 0 aliphatic heterocycles. The van der Waals surface area contributed by atoms with Gasteiger partial charge in [0.1, 0.15) is 0 Å². The van der Waals surface area contributed by atoms with Crippen LogP contribution in [0.5, 0.6) is 0 Å². The third-order valence-electron chi connectivity index (χ3n) is 2.11. The molecular formula is C7H21N5. The van der Waals surface area contributed by atoms with Crippen molar-refractivity contribution in [3.05, 3.63) is 0 Å². The van der Waals surface area contributed by atoms with Gasteiger partial charge >= 0.3 is 0 Å². The summed E-state index contributed by atoms with van der Waals surface area (Å²) in [5.74, 6) is 0. The van der Waals surface area contributed by atoms with E-state index in [0.717, 1.165) is 0 Å². The fourth-order valence-electron chi connectivity index (χ4n) is 1.25. The fourth-order valence-corrected chi connectivity index (χ4v) is 1.25. The molecule has 0 aromatic heterocycles. The van der Waals surface area contributed by atoms with Crippen LogP contribution in [0.2, 0.25) is 0 Å². The van der Waals surface area contributed by atoms with Gasteiger partial charge in [-0.3, -0.25) is 0 Å². The summed E-state index contributed by atoms with van der Waals surface area (Å²) in [5.41, 5.74) is 11.4. The maximum absolute atomic E-state index is 5.81. The number of likely N-dealkylation sites (N-methyl/N-ethyl adjacent to an activating group) is 3. The Morgan fingerprint density at radius 3 is 1.92 bits per heavy atom. The summed E-state index contributed by atoms with van der Waals surface area (Å²) in [6.45, 7) is 0.567. The van der Waals surface area contributed by atoms with Gasteiger partial charge in [-0.05, 0) is 21.1 Å². The zero-order valence-electron chi connectivity index (χ0n) is 8.09. The molecular weight excluding hydrogens is 154 g/mol. The largest absolute Gasteiger partial charge is 0.329 e.